The molecule has 5 nitrogen and oxygen atoms in total. The fourth-order valence-corrected chi connectivity index (χ4v) is 4.47. The van der Waals surface area contributed by atoms with Crippen molar-refractivity contribution < 1.29 is 14.7 Å². The highest BCUT2D eigenvalue weighted by atomic mass is 16.4. The molecule has 2 atom stereocenters. The molecule has 2 fully saturated rings. The topological polar surface area (TPSA) is 60.9 Å². The van der Waals surface area contributed by atoms with Gasteiger partial charge in [-0.3, -0.25) is 4.79 Å². The minimum Gasteiger partial charge on any atom is -0.465 e. The van der Waals surface area contributed by atoms with Crippen molar-refractivity contribution in [2.45, 2.75) is 39.5 Å². The van der Waals surface area contributed by atoms with Crippen LogP contribution in [0.2, 0.25) is 0 Å². The van der Waals surface area contributed by atoms with Gasteiger partial charge in [-0.05, 0) is 23.8 Å². The molecule has 5 heteroatoms. The van der Waals surface area contributed by atoms with Crippen LogP contribution in [-0.4, -0.2) is 53.1 Å². The van der Waals surface area contributed by atoms with Crippen molar-refractivity contribution >= 4 is 12.0 Å². The molecule has 1 N–H and O–H groups in total. The minimum atomic E-state index is -0.923. The molecule has 0 aromatic heterocycles. The first-order valence-corrected chi connectivity index (χ1v) is 9.05. The summed E-state index contributed by atoms with van der Waals surface area (Å²) in [7, 11) is 0. The molecule has 0 aliphatic carbocycles. The Balaban J connectivity index is 1.98. The summed E-state index contributed by atoms with van der Waals surface area (Å²) in [4.78, 5) is 28.4. The first-order chi connectivity index (χ1) is 11.7. The molecule has 1 aromatic carbocycles. The maximum absolute atomic E-state index is 13.4. The third-order valence-electron chi connectivity index (χ3n) is 5.44. The van der Waals surface area contributed by atoms with Gasteiger partial charge in [0.1, 0.15) is 0 Å². The second-order valence-electron chi connectivity index (χ2n) is 8.67. The number of likely N-dealkylation sites (tertiary alicyclic amines) is 2. The predicted molar refractivity (Wildman–Crippen MR) is 96.5 cm³/mol. The van der Waals surface area contributed by atoms with Crippen molar-refractivity contribution in [3.63, 3.8) is 0 Å². The molecule has 25 heavy (non-hydrogen) atoms. The summed E-state index contributed by atoms with van der Waals surface area (Å²) < 4.78 is 0. The van der Waals surface area contributed by atoms with Gasteiger partial charge in [-0.2, -0.15) is 0 Å². The molecule has 136 valence electrons. The molecular formula is C20H28N2O3. The van der Waals surface area contributed by atoms with Gasteiger partial charge in [0.2, 0.25) is 5.91 Å². The van der Waals surface area contributed by atoms with Gasteiger partial charge in [0.15, 0.2) is 0 Å². The number of nitrogens with zero attached hydrogens (tertiary/aromatic N) is 2. The average Bonchev–Trinajstić information content (AvgIpc) is 2.80. The lowest BCUT2D eigenvalue weighted by molar-refractivity contribution is -0.139. The first kappa shape index (κ1) is 17.8. The average molecular weight is 344 g/mol. The van der Waals surface area contributed by atoms with Gasteiger partial charge in [0, 0.05) is 32.1 Å². The summed E-state index contributed by atoms with van der Waals surface area (Å²) in [6.07, 6.45) is 0.577. The molecule has 3 rings (SSSR count). The summed E-state index contributed by atoms with van der Waals surface area (Å²) in [6, 6.07) is 10.1. The SMILES string of the molecule is CC(C)(C)CN1C[C@@H](c2ccccc2)[C@@]2(CCCN(C(=O)O)C2)C1=O. The van der Waals surface area contributed by atoms with Crippen LogP contribution in [0, 0.1) is 10.8 Å². The van der Waals surface area contributed by atoms with Crippen LogP contribution in [0.4, 0.5) is 4.79 Å². The molecule has 2 saturated heterocycles. The maximum Gasteiger partial charge on any atom is 0.407 e. The van der Waals surface area contributed by atoms with Crippen molar-refractivity contribution in [1.82, 2.24) is 9.80 Å². The zero-order valence-electron chi connectivity index (χ0n) is 15.4. The number of carbonyl (C=O) groups excluding carboxylic acids is 1. The molecule has 2 aliphatic rings. The number of rotatable bonds is 2. The van der Waals surface area contributed by atoms with Gasteiger partial charge < -0.3 is 14.9 Å². The Morgan fingerprint density at radius 3 is 2.56 bits per heavy atom. The lowest BCUT2D eigenvalue weighted by Crippen LogP contribution is -2.51. The van der Waals surface area contributed by atoms with Gasteiger partial charge >= 0.3 is 6.09 Å². The maximum atomic E-state index is 13.4. The lowest BCUT2D eigenvalue weighted by Gasteiger charge is -2.41. The third kappa shape index (κ3) is 3.37. The van der Waals surface area contributed by atoms with E-state index >= 15 is 0 Å². The fourth-order valence-electron chi connectivity index (χ4n) is 4.47. The van der Waals surface area contributed by atoms with Gasteiger partial charge in [-0.1, -0.05) is 51.1 Å². The van der Waals surface area contributed by atoms with E-state index in [0.29, 0.717) is 26.2 Å². The number of hydrogen-bond acceptors (Lipinski definition) is 2. The van der Waals surface area contributed by atoms with E-state index < -0.39 is 11.5 Å². The number of hydrogen-bond donors (Lipinski definition) is 1. The van der Waals surface area contributed by atoms with E-state index in [9.17, 15) is 14.7 Å². The van der Waals surface area contributed by atoms with E-state index in [2.05, 4.69) is 32.9 Å². The van der Waals surface area contributed by atoms with E-state index in [0.717, 1.165) is 18.4 Å². The first-order valence-electron chi connectivity index (χ1n) is 9.05. The van der Waals surface area contributed by atoms with Crippen LogP contribution in [0.15, 0.2) is 30.3 Å². The van der Waals surface area contributed by atoms with Crippen LogP contribution in [0.3, 0.4) is 0 Å². The van der Waals surface area contributed by atoms with Crippen molar-refractivity contribution in [3.8, 4) is 0 Å². The van der Waals surface area contributed by atoms with Crippen LogP contribution >= 0.6 is 0 Å². The number of benzene rings is 1. The molecule has 0 saturated carbocycles. The molecular weight excluding hydrogens is 316 g/mol. The summed E-state index contributed by atoms with van der Waals surface area (Å²) in [5, 5.41) is 9.48. The summed E-state index contributed by atoms with van der Waals surface area (Å²) >= 11 is 0. The Kier molecular flexibility index (Phi) is 4.52. The Labute approximate surface area is 149 Å². The van der Waals surface area contributed by atoms with E-state index in [-0.39, 0.29) is 17.2 Å². The summed E-state index contributed by atoms with van der Waals surface area (Å²) in [5.41, 5.74) is 0.534. The van der Waals surface area contributed by atoms with Crippen molar-refractivity contribution in [2.24, 2.45) is 10.8 Å². The summed E-state index contributed by atoms with van der Waals surface area (Å²) in [6.45, 7) is 8.59. The van der Waals surface area contributed by atoms with Crippen LogP contribution in [0.5, 0.6) is 0 Å². The second-order valence-corrected chi connectivity index (χ2v) is 8.67. The highest BCUT2D eigenvalue weighted by Gasteiger charge is 2.56. The Morgan fingerprint density at radius 2 is 1.96 bits per heavy atom. The van der Waals surface area contributed by atoms with Gasteiger partial charge in [0.25, 0.3) is 0 Å². The lowest BCUT2D eigenvalue weighted by atomic mass is 9.69. The quantitative estimate of drug-likeness (QED) is 0.894. The van der Waals surface area contributed by atoms with Crippen LogP contribution in [0.25, 0.3) is 0 Å². The fraction of sp³-hybridized carbons (Fsp3) is 0.600. The van der Waals surface area contributed by atoms with E-state index in [4.69, 9.17) is 0 Å². The highest BCUT2D eigenvalue weighted by molar-refractivity contribution is 5.87. The number of carbonyl (C=O) groups is 2. The summed E-state index contributed by atoms with van der Waals surface area (Å²) in [5.74, 6) is 0.174. The monoisotopic (exact) mass is 344 g/mol. The molecule has 2 aliphatic heterocycles. The van der Waals surface area contributed by atoms with Crippen molar-refractivity contribution in [1.29, 1.82) is 0 Å². The van der Waals surface area contributed by atoms with Crippen molar-refractivity contribution in [2.75, 3.05) is 26.2 Å². The standard InChI is InChI=1S/C20H28N2O3/c1-19(2,3)13-22-12-16(15-8-5-4-6-9-15)20(17(22)23)10-7-11-21(14-20)18(24)25/h4-6,8-9,16H,7,10-14H2,1-3H3,(H,24,25)/t16-,20-/m0/s1. The Morgan fingerprint density at radius 1 is 1.28 bits per heavy atom. The minimum absolute atomic E-state index is 0.0174. The second kappa shape index (κ2) is 6.36. The third-order valence-corrected chi connectivity index (χ3v) is 5.44. The smallest absolute Gasteiger partial charge is 0.407 e. The normalized spacial score (nSPS) is 27.2. The zero-order valence-corrected chi connectivity index (χ0v) is 15.4. The zero-order chi connectivity index (χ0) is 18.2. The van der Waals surface area contributed by atoms with Crippen LogP contribution in [-0.2, 0) is 4.79 Å². The number of piperidine rings is 1. The van der Waals surface area contributed by atoms with Gasteiger partial charge in [-0.25, -0.2) is 4.79 Å². The largest absolute Gasteiger partial charge is 0.465 e. The Hall–Kier alpha value is -2.04. The van der Waals surface area contributed by atoms with Gasteiger partial charge in [-0.15, -0.1) is 0 Å². The highest BCUT2D eigenvalue weighted by Crippen LogP contribution is 2.50. The number of carboxylic acid groups (broad SMARTS) is 1. The van der Waals surface area contributed by atoms with E-state index in [1.165, 1.54) is 4.90 Å². The van der Waals surface area contributed by atoms with E-state index in [1.54, 1.807) is 0 Å². The molecule has 0 unspecified atom stereocenters. The molecule has 0 bridgehead atoms. The van der Waals surface area contributed by atoms with Crippen molar-refractivity contribution in [3.05, 3.63) is 35.9 Å². The molecule has 2 heterocycles. The van der Waals surface area contributed by atoms with E-state index in [1.807, 2.05) is 23.1 Å². The number of amides is 2. The molecule has 0 radical (unpaired) electrons. The molecule has 1 aromatic rings. The predicted octanol–water partition coefficient (Wildman–Crippen LogP) is 3.42. The molecule has 2 amide bonds. The molecule has 1 spiro atoms. The Bertz CT molecular complexity index is 653. The van der Waals surface area contributed by atoms with Crippen LogP contribution in [0.1, 0.15) is 45.1 Å². The van der Waals surface area contributed by atoms with Gasteiger partial charge in [0.05, 0.1) is 5.41 Å². The van der Waals surface area contributed by atoms with Crippen LogP contribution < -0.4 is 0 Å².